The molecular weight excluding hydrogens is 300 g/mol. The third-order valence-electron chi connectivity index (χ3n) is 1.52. The second-order valence-corrected chi connectivity index (χ2v) is 4.25. The zero-order valence-corrected chi connectivity index (χ0v) is 11.1. The molecule has 13 heavy (non-hydrogen) atoms. The summed E-state index contributed by atoms with van der Waals surface area (Å²) in [6.45, 7) is 3.07. The maximum atomic E-state index is 5.37. The SMILES string of the molecule is BrCCCCCOCCOCCBr. The molecule has 0 spiro atoms. The molecule has 0 saturated carbocycles. The highest BCUT2D eigenvalue weighted by Gasteiger charge is 1.90. The molecule has 0 aliphatic carbocycles. The maximum Gasteiger partial charge on any atom is 0.0700 e. The highest BCUT2D eigenvalue weighted by atomic mass is 79.9. The fourth-order valence-electron chi connectivity index (χ4n) is 0.852. The van der Waals surface area contributed by atoms with Gasteiger partial charge in [0.2, 0.25) is 0 Å². The molecule has 0 radical (unpaired) electrons. The van der Waals surface area contributed by atoms with E-state index in [-0.39, 0.29) is 0 Å². The van der Waals surface area contributed by atoms with Gasteiger partial charge in [0.05, 0.1) is 19.8 Å². The number of rotatable bonds is 10. The topological polar surface area (TPSA) is 18.5 Å². The molecule has 0 unspecified atom stereocenters. The second kappa shape index (κ2) is 12.9. The first kappa shape index (κ1) is 13.9. The molecule has 0 aromatic rings. The smallest absolute Gasteiger partial charge is 0.0700 e. The third-order valence-corrected chi connectivity index (χ3v) is 2.40. The van der Waals surface area contributed by atoms with Gasteiger partial charge >= 0.3 is 0 Å². The third kappa shape index (κ3) is 12.9. The van der Waals surface area contributed by atoms with E-state index in [0.29, 0.717) is 6.61 Å². The van der Waals surface area contributed by atoms with Crippen molar-refractivity contribution >= 4 is 31.9 Å². The van der Waals surface area contributed by atoms with Gasteiger partial charge in [0.15, 0.2) is 0 Å². The van der Waals surface area contributed by atoms with Crippen molar-refractivity contribution in [3.63, 3.8) is 0 Å². The Morgan fingerprint density at radius 2 is 1.31 bits per heavy atom. The van der Waals surface area contributed by atoms with Gasteiger partial charge in [-0.25, -0.2) is 0 Å². The Hall–Kier alpha value is 0.880. The Kier molecular flexibility index (Phi) is 13.8. The van der Waals surface area contributed by atoms with Crippen molar-refractivity contribution in [2.24, 2.45) is 0 Å². The summed E-state index contributed by atoms with van der Waals surface area (Å²) < 4.78 is 10.6. The first-order chi connectivity index (χ1) is 6.41. The Morgan fingerprint density at radius 3 is 1.92 bits per heavy atom. The Morgan fingerprint density at radius 1 is 0.615 bits per heavy atom. The molecule has 0 aromatic heterocycles. The lowest BCUT2D eigenvalue weighted by Crippen LogP contribution is -2.06. The van der Waals surface area contributed by atoms with Gasteiger partial charge in [-0.05, 0) is 12.8 Å². The van der Waals surface area contributed by atoms with Crippen LogP contribution in [0.4, 0.5) is 0 Å². The summed E-state index contributed by atoms with van der Waals surface area (Å²) in [5.41, 5.74) is 0. The van der Waals surface area contributed by atoms with Crippen molar-refractivity contribution in [3.8, 4) is 0 Å². The quantitative estimate of drug-likeness (QED) is 0.455. The summed E-state index contributed by atoms with van der Waals surface area (Å²) in [6, 6.07) is 0. The van der Waals surface area contributed by atoms with Crippen LogP contribution in [-0.4, -0.2) is 37.1 Å². The molecule has 0 aliphatic rings. The molecule has 0 N–H and O–H groups in total. The summed E-state index contributed by atoms with van der Waals surface area (Å²) in [4.78, 5) is 0. The molecule has 0 fully saturated rings. The van der Waals surface area contributed by atoms with Crippen molar-refractivity contribution in [2.45, 2.75) is 19.3 Å². The molecule has 0 atom stereocenters. The average Bonchev–Trinajstić information content (AvgIpc) is 2.16. The lowest BCUT2D eigenvalue weighted by Gasteiger charge is -2.03. The van der Waals surface area contributed by atoms with Crippen LogP contribution in [0.5, 0.6) is 0 Å². The largest absolute Gasteiger partial charge is 0.379 e. The van der Waals surface area contributed by atoms with Gasteiger partial charge in [-0.2, -0.15) is 0 Å². The maximum absolute atomic E-state index is 5.37. The van der Waals surface area contributed by atoms with Crippen LogP contribution in [0.3, 0.4) is 0 Å². The summed E-state index contributed by atoms with van der Waals surface area (Å²) >= 11 is 6.69. The highest BCUT2D eigenvalue weighted by Crippen LogP contribution is 1.98. The van der Waals surface area contributed by atoms with Gasteiger partial charge in [0, 0.05) is 17.3 Å². The van der Waals surface area contributed by atoms with E-state index >= 15 is 0 Å². The van der Waals surface area contributed by atoms with Gasteiger partial charge in [-0.1, -0.05) is 38.3 Å². The molecule has 0 rings (SSSR count). The van der Waals surface area contributed by atoms with Gasteiger partial charge in [-0.15, -0.1) is 0 Å². The minimum atomic E-state index is 0.712. The molecule has 4 heteroatoms. The average molecular weight is 318 g/mol. The van der Waals surface area contributed by atoms with Crippen molar-refractivity contribution in [1.82, 2.24) is 0 Å². The lowest BCUT2D eigenvalue weighted by molar-refractivity contribution is 0.0526. The van der Waals surface area contributed by atoms with E-state index in [1.54, 1.807) is 0 Å². The molecule has 80 valence electrons. The van der Waals surface area contributed by atoms with Crippen LogP contribution in [0.15, 0.2) is 0 Å². The minimum absolute atomic E-state index is 0.712. The Labute approximate surface area is 97.6 Å². The van der Waals surface area contributed by atoms with E-state index in [4.69, 9.17) is 9.47 Å². The number of halogens is 2. The molecule has 0 heterocycles. The number of unbranched alkanes of at least 4 members (excludes halogenated alkanes) is 2. The molecule has 0 amide bonds. The van der Waals surface area contributed by atoms with E-state index in [2.05, 4.69) is 31.9 Å². The first-order valence-corrected chi connectivity index (χ1v) is 6.93. The van der Waals surface area contributed by atoms with Crippen LogP contribution in [-0.2, 0) is 9.47 Å². The van der Waals surface area contributed by atoms with Crippen LogP contribution in [0, 0.1) is 0 Å². The number of hydrogen-bond acceptors (Lipinski definition) is 2. The van der Waals surface area contributed by atoms with E-state index in [0.717, 1.165) is 36.9 Å². The number of alkyl halides is 2. The number of ether oxygens (including phenoxy) is 2. The zero-order chi connectivity index (χ0) is 9.78. The molecule has 0 bridgehead atoms. The highest BCUT2D eigenvalue weighted by molar-refractivity contribution is 9.09. The first-order valence-electron chi connectivity index (χ1n) is 4.69. The summed E-state index contributed by atoms with van der Waals surface area (Å²) in [5, 5.41) is 2.00. The van der Waals surface area contributed by atoms with Crippen LogP contribution in [0.25, 0.3) is 0 Å². The predicted octanol–water partition coefficient (Wildman–Crippen LogP) is 2.98. The fourth-order valence-corrected chi connectivity index (χ4v) is 1.48. The van der Waals surface area contributed by atoms with E-state index in [1.807, 2.05) is 0 Å². The van der Waals surface area contributed by atoms with E-state index < -0.39 is 0 Å². The lowest BCUT2D eigenvalue weighted by atomic mass is 10.3. The predicted molar refractivity (Wildman–Crippen MR) is 63.1 cm³/mol. The minimum Gasteiger partial charge on any atom is -0.379 e. The zero-order valence-electron chi connectivity index (χ0n) is 7.94. The van der Waals surface area contributed by atoms with Crippen LogP contribution >= 0.6 is 31.9 Å². The van der Waals surface area contributed by atoms with Gasteiger partial charge < -0.3 is 9.47 Å². The number of hydrogen-bond donors (Lipinski definition) is 0. The molecular formula is C9H18Br2O2. The summed E-state index contributed by atoms with van der Waals surface area (Å²) in [7, 11) is 0. The van der Waals surface area contributed by atoms with E-state index in [1.165, 1.54) is 12.8 Å². The summed E-state index contributed by atoms with van der Waals surface area (Å²) in [6.07, 6.45) is 3.64. The second-order valence-electron chi connectivity index (χ2n) is 2.66. The van der Waals surface area contributed by atoms with Gasteiger partial charge in [0.1, 0.15) is 0 Å². The van der Waals surface area contributed by atoms with Crippen LogP contribution < -0.4 is 0 Å². The molecule has 0 saturated heterocycles. The van der Waals surface area contributed by atoms with Crippen molar-refractivity contribution in [3.05, 3.63) is 0 Å². The monoisotopic (exact) mass is 316 g/mol. The van der Waals surface area contributed by atoms with Crippen molar-refractivity contribution < 1.29 is 9.47 Å². The van der Waals surface area contributed by atoms with Gasteiger partial charge in [-0.3, -0.25) is 0 Å². The van der Waals surface area contributed by atoms with Crippen LogP contribution in [0.2, 0.25) is 0 Å². The van der Waals surface area contributed by atoms with E-state index in [9.17, 15) is 0 Å². The normalized spacial score (nSPS) is 10.6. The van der Waals surface area contributed by atoms with Crippen LogP contribution in [0.1, 0.15) is 19.3 Å². The molecule has 2 nitrogen and oxygen atoms in total. The molecule has 0 aliphatic heterocycles. The Balaban J connectivity index is 2.76. The molecule has 0 aromatic carbocycles. The van der Waals surface area contributed by atoms with Crippen molar-refractivity contribution in [2.75, 3.05) is 37.1 Å². The van der Waals surface area contributed by atoms with Crippen molar-refractivity contribution in [1.29, 1.82) is 0 Å². The fraction of sp³-hybridized carbons (Fsp3) is 1.00. The standard InChI is InChI=1S/C9H18Br2O2/c10-4-2-1-3-6-12-8-9-13-7-5-11/h1-9H2. The van der Waals surface area contributed by atoms with Gasteiger partial charge in [0.25, 0.3) is 0 Å². The summed E-state index contributed by atoms with van der Waals surface area (Å²) in [5.74, 6) is 0. The Bertz CT molecular complexity index is 81.7.